The fraction of sp³-hybridized carbons (Fsp3) is 0.263. The molecule has 0 bridgehead atoms. The van der Waals surface area contributed by atoms with E-state index in [0.717, 1.165) is 11.4 Å². The molecule has 0 heterocycles. The molecule has 1 fully saturated rings. The lowest BCUT2D eigenvalue weighted by molar-refractivity contribution is 0.631. The molecule has 2 heteroatoms. The summed E-state index contributed by atoms with van der Waals surface area (Å²) in [6.07, 6.45) is 4.86. The smallest absolute Gasteiger partial charge is 0.0412 e. The van der Waals surface area contributed by atoms with E-state index in [1.54, 1.807) is 5.57 Å². The standard InChI is InChI=1S/C19H20ClN/c1-21-19(16-4-2-5-16)12-14-8-10-15(11-9-14)17-6-3-7-18(20)13-17/h3,6-11,13,21H,2,4-5,12H2,1H3. The number of allylic oxidation sites excluding steroid dienone is 2. The van der Waals surface area contributed by atoms with Gasteiger partial charge < -0.3 is 5.32 Å². The lowest BCUT2D eigenvalue weighted by Crippen LogP contribution is -2.15. The van der Waals surface area contributed by atoms with Crippen molar-refractivity contribution in [1.29, 1.82) is 0 Å². The van der Waals surface area contributed by atoms with Crippen LogP contribution < -0.4 is 5.32 Å². The first-order valence-corrected chi connectivity index (χ1v) is 7.87. The number of hydrogen-bond donors (Lipinski definition) is 1. The van der Waals surface area contributed by atoms with Gasteiger partial charge in [0.1, 0.15) is 0 Å². The molecule has 0 aromatic heterocycles. The van der Waals surface area contributed by atoms with Crippen molar-refractivity contribution in [2.45, 2.75) is 25.7 Å². The van der Waals surface area contributed by atoms with E-state index in [1.807, 2.05) is 25.2 Å². The monoisotopic (exact) mass is 297 g/mol. The van der Waals surface area contributed by atoms with Gasteiger partial charge in [0.15, 0.2) is 0 Å². The number of likely N-dealkylation sites (N-methyl/N-ethyl adjacent to an activating group) is 1. The fourth-order valence-electron chi connectivity index (χ4n) is 2.73. The highest BCUT2D eigenvalue weighted by Crippen LogP contribution is 2.29. The molecular formula is C19H20ClN. The predicted molar refractivity (Wildman–Crippen MR) is 90.5 cm³/mol. The molecule has 3 rings (SSSR count). The van der Waals surface area contributed by atoms with Gasteiger partial charge in [-0.15, -0.1) is 0 Å². The Labute approximate surface area is 131 Å². The van der Waals surface area contributed by atoms with E-state index in [0.29, 0.717) is 0 Å². The summed E-state index contributed by atoms with van der Waals surface area (Å²) in [5.41, 5.74) is 6.72. The van der Waals surface area contributed by atoms with E-state index in [1.165, 1.54) is 41.6 Å². The summed E-state index contributed by atoms with van der Waals surface area (Å²) in [5.74, 6) is 0. The van der Waals surface area contributed by atoms with Gasteiger partial charge in [-0.25, -0.2) is 0 Å². The highest BCUT2D eigenvalue weighted by molar-refractivity contribution is 6.30. The third kappa shape index (κ3) is 3.30. The molecule has 0 amide bonds. The van der Waals surface area contributed by atoms with Gasteiger partial charge in [-0.2, -0.15) is 0 Å². The Hall–Kier alpha value is -1.73. The Balaban J connectivity index is 1.78. The molecule has 2 aromatic rings. The molecule has 1 saturated carbocycles. The Kier molecular flexibility index (Phi) is 4.31. The molecule has 108 valence electrons. The van der Waals surface area contributed by atoms with Crippen LogP contribution in [0.3, 0.4) is 0 Å². The van der Waals surface area contributed by atoms with Gasteiger partial charge >= 0.3 is 0 Å². The van der Waals surface area contributed by atoms with Crippen LogP contribution in [0.2, 0.25) is 5.02 Å². The first-order valence-electron chi connectivity index (χ1n) is 7.50. The van der Waals surface area contributed by atoms with Gasteiger partial charge in [-0.3, -0.25) is 0 Å². The van der Waals surface area contributed by atoms with Crippen molar-refractivity contribution in [3.63, 3.8) is 0 Å². The average Bonchev–Trinajstić information content (AvgIpc) is 2.45. The molecule has 1 nitrogen and oxygen atoms in total. The summed E-state index contributed by atoms with van der Waals surface area (Å²) in [7, 11) is 2.03. The van der Waals surface area contributed by atoms with Crippen molar-refractivity contribution >= 4 is 11.6 Å². The van der Waals surface area contributed by atoms with E-state index in [-0.39, 0.29) is 0 Å². The summed E-state index contributed by atoms with van der Waals surface area (Å²) in [6, 6.07) is 16.8. The summed E-state index contributed by atoms with van der Waals surface area (Å²) >= 11 is 6.06. The van der Waals surface area contributed by atoms with E-state index in [4.69, 9.17) is 11.6 Å². The van der Waals surface area contributed by atoms with Crippen molar-refractivity contribution < 1.29 is 0 Å². The second-order valence-electron chi connectivity index (χ2n) is 5.57. The highest BCUT2D eigenvalue weighted by Gasteiger charge is 2.13. The zero-order valence-corrected chi connectivity index (χ0v) is 13.1. The van der Waals surface area contributed by atoms with E-state index < -0.39 is 0 Å². The number of nitrogens with one attached hydrogen (secondary N) is 1. The first kappa shape index (κ1) is 14.2. The maximum Gasteiger partial charge on any atom is 0.0412 e. The molecule has 1 aliphatic rings. The van der Waals surface area contributed by atoms with Gasteiger partial charge in [-0.1, -0.05) is 53.6 Å². The Morgan fingerprint density at radius 3 is 2.38 bits per heavy atom. The lowest BCUT2D eigenvalue weighted by Gasteiger charge is -2.22. The zero-order chi connectivity index (χ0) is 14.7. The molecule has 0 unspecified atom stereocenters. The van der Waals surface area contributed by atoms with E-state index in [2.05, 4.69) is 35.6 Å². The number of hydrogen-bond acceptors (Lipinski definition) is 1. The van der Waals surface area contributed by atoms with Crippen LogP contribution in [0.15, 0.2) is 59.8 Å². The Morgan fingerprint density at radius 1 is 1.05 bits per heavy atom. The lowest BCUT2D eigenvalue weighted by atomic mass is 9.88. The fourth-order valence-corrected chi connectivity index (χ4v) is 2.92. The molecule has 0 radical (unpaired) electrons. The average molecular weight is 298 g/mol. The number of halogens is 1. The molecule has 21 heavy (non-hydrogen) atoms. The van der Waals surface area contributed by atoms with Crippen molar-refractivity contribution in [2.24, 2.45) is 0 Å². The minimum Gasteiger partial charge on any atom is -0.391 e. The third-order valence-electron chi connectivity index (χ3n) is 4.18. The topological polar surface area (TPSA) is 12.0 Å². The van der Waals surface area contributed by atoms with Crippen LogP contribution in [-0.4, -0.2) is 7.05 Å². The van der Waals surface area contributed by atoms with Crippen LogP contribution in [0.5, 0.6) is 0 Å². The Bertz CT molecular complexity index is 650. The van der Waals surface area contributed by atoms with Crippen LogP contribution >= 0.6 is 11.6 Å². The summed E-state index contributed by atoms with van der Waals surface area (Å²) in [4.78, 5) is 0. The predicted octanol–water partition coefficient (Wildman–Crippen LogP) is 5.21. The van der Waals surface area contributed by atoms with Gasteiger partial charge in [0, 0.05) is 24.2 Å². The SMILES string of the molecule is CNC(Cc1ccc(-c2cccc(Cl)c2)cc1)=C1CCC1. The zero-order valence-electron chi connectivity index (χ0n) is 12.3. The van der Waals surface area contributed by atoms with Crippen molar-refractivity contribution in [3.8, 4) is 11.1 Å². The molecule has 0 aliphatic heterocycles. The van der Waals surface area contributed by atoms with Gasteiger partial charge in [0.2, 0.25) is 0 Å². The summed E-state index contributed by atoms with van der Waals surface area (Å²) in [6.45, 7) is 0. The molecular weight excluding hydrogens is 278 g/mol. The second-order valence-corrected chi connectivity index (χ2v) is 6.01. The van der Waals surface area contributed by atoms with Crippen molar-refractivity contribution in [3.05, 3.63) is 70.4 Å². The number of benzene rings is 2. The summed E-state index contributed by atoms with van der Waals surface area (Å²) in [5, 5.41) is 4.15. The van der Waals surface area contributed by atoms with Gasteiger partial charge in [-0.05, 0) is 48.1 Å². The third-order valence-corrected chi connectivity index (χ3v) is 4.41. The molecule has 0 saturated heterocycles. The molecule has 1 N–H and O–H groups in total. The number of rotatable bonds is 4. The maximum absolute atomic E-state index is 6.06. The quantitative estimate of drug-likeness (QED) is 0.817. The molecule has 0 spiro atoms. The van der Waals surface area contributed by atoms with E-state index in [9.17, 15) is 0 Å². The second kappa shape index (κ2) is 6.36. The van der Waals surface area contributed by atoms with Crippen molar-refractivity contribution in [1.82, 2.24) is 5.32 Å². The minimum absolute atomic E-state index is 0.781. The van der Waals surface area contributed by atoms with Gasteiger partial charge in [0.05, 0.1) is 0 Å². The molecule has 2 aromatic carbocycles. The largest absolute Gasteiger partial charge is 0.391 e. The van der Waals surface area contributed by atoms with Crippen LogP contribution in [0.25, 0.3) is 11.1 Å². The normalized spacial score (nSPS) is 13.7. The van der Waals surface area contributed by atoms with Crippen LogP contribution in [0.4, 0.5) is 0 Å². The maximum atomic E-state index is 6.06. The van der Waals surface area contributed by atoms with Crippen LogP contribution in [0, 0.1) is 0 Å². The Morgan fingerprint density at radius 2 is 1.81 bits per heavy atom. The summed E-state index contributed by atoms with van der Waals surface area (Å²) < 4.78 is 0. The molecule has 0 atom stereocenters. The first-order chi connectivity index (χ1) is 10.3. The van der Waals surface area contributed by atoms with Crippen molar-refractivity contribution in [2.75, 3.05) is 7.05 Å². The molecule has 1 aliphatic carbocycles. The van der Waals surface area contributed by atoms with E-state index >= 15 is 0 Å². The van der Waals surface area contributed by atoms with Crippen LogP contribution in [0.1, 0.15) is 24.8 Å². The minimum atomic E-state index is 0.781. The highest BCUT2D eigenvalue weighted by atomic mass is 35.5. The van der Waals surface area contributed by atoms with Crippen LogP contribution in [-0.2, 0) is 6.42 Å². The van der Waals surface area contributed by atoms with Gasteiger partial charge in [0.25, 0.3) is 0 Å².